The fraction of sp³-hybridized carbons (Fsp3) is 0.0714. The van der Waals surface area contributed by atoms with E-state index < -0.39 is 17.5 Å². The van der Waals surface area contributed by atoms with Gasteiger partial charge in [0, 0.05) is 6.07 Å². The minimum Gasteiger partial charge on any atom is -0.508 e. The maximum atomic E-state index is 13.0. The second kappa shape index (κ2) is 5.56. The lowest BCUT2D eigenvalue weighted by atomic mass is 10.1. The summed E-state index contributed by atoms with van der Waals surface area (Å²) < 4.78 is 25.8. The number of rotatable bonds is 3. The van der Waals surface area contributed by atoms with Gasteiger partial charge in [-0.25, -0.2) is 8.78 Å². The Morgan fingerprint density at radius 2 is 1.90 bits per heavy atom. The number of nitrogen functional groups attached to an aromatic ring is 1. The number of halogens is 2. The molecule has 0 saturated carbocycles. The second-order valence-corrected chi connectivity index (χ2v) is 4.24. The van der Waals surface area contributed by atoms with Gasteiger partial charge in [0.25, 0.3) is 0 Å². The molecule has 0 fully saturated rings. The average Bonchev–Trinajstić information content (AvgIpc) is 2.37. The summed E-state index contributed by atoms with van der Waals surface area (Å²) in [4.78, 5) is 11.8. The van der Waals surface area contributed by atoms with Crippen LogP contribution in [0.5, 0.6) is 5.75 Å². The van der Waals surface area contributed by atoms with E-state index in [2.05, 4.69) is 5.32 Å². The van der Waals surface area contributed by atoms with E-state index in [0.29, 0.717) is 11.3 Å². The maximum absolute atomic E-state index is 13.0. The molecule has 20 heavy (non-hydrogen) atoms. The van der Waals surface area contributed by atoms with Crippen LogP contribution in [-0.2, 0) is 11.2 Å². The van der Waals surface area contributed by atoms with Crippen molar-refractivity contribution in [3.8, 4) is 5.75 Å². The number of anilines is 2. The van der Waals surface area contributed by atoms with E-state index in [1.807, 2.05) is 0 Å². The van der Waals surface area contributed by atoms with E-state index in [9.17, 15) is 18.7 Å². The van der Waals surface area contributed by atoms with Crippen LogP contribution in [0.15, 0.2) is 36.4 Å². The minimum atomic E-state index is -1.00. The molecule has 0 bridgehead atoms. The lowest BCUT2D eigenvalue weighted by Gasteiger charge is -2.08. The molecule has 4 N–H and O–H groups in total. The largest absolute Gasteiger partial charge is 0.508 e. The SMILES string of the molecule is Nc1cc(O)ccc1NC(=O)Cc1ccc(F)c(F)c1. The van der Waals surface area contributed by atoms with Crippen molar-refractivity contribution in [2.75, 3.05) is 11.1 Å². The summed E-state index contributed by atoms with van der Waals surface area (Å²) in [5.74, 6) is -2.40. The predicted molar refractivity (Wildman–Crippen MR) is 71.2 cm³/mol. The van der Waals surface area contributed by atoms with Gasteiger partial charge >= 0.3 is 0 Å². The zero-order valence-corrected chi connectivity index (χ0v) is 10.4. The van der Waals surface area contributed by atoms with Crippen molar-refractivity contribution in [1.29, 1.82) is 0 Å². The van der Waals surface area contributed by atoms with Crippen LogP contribution in [0.1, 0.15) is 5.56 Å². The van der Waals surface area contributed by atoms with Crippen molar-refractivity contribution >= 4 is 17.3 Å². The number of benzene rings is 2. The molecule has 0 saturated heterocycles. The molecular formula is C14H12F2N2O2. The average molecular weight is 278 g/mol. The van der Waals surface area contributed by atoms with Crippen molar-refractivity contribution in [2.45, 2.75) is 6.42 Å². The van der Waals surface area contributed by atoms with E-state index in [0.717, 1.165) is 12.1 Å². The number of phenols is 1. The first-order valence-electron chi connectivity index (χ1n) is 5.78. The summed E-state index contributed by atoms with van der Waals surface area (Å²) in [5, 5.41) is 11.7. The smallest absolute Gasteiger partial charge is 0.228 e. The van der Waals surface area contributed by atoms with Crippen LogP contribution >= 0.6 is 0 Å². The lowest BCUT2D eigenvalue weighted by Crippen LogP contribution is -2.15. The zero-order chi connectivity index (χ0) is 14.7. The van der Waals surface area contributed by atoms with Gasteiger partial charge in [0.15, 0.2) is 11.6 Å². The molecule has 0 heterocycles. The number of carbonyl (C=O) groups is 1. The molecule has 0 atom stereocenters. The molecule has 2 rings (SSSR count). The summed E-state index contributed by atoms with van der Waals surface area (Å²) in [5.41, 5.74) is 6.52. The van der Waals surface area contributed by atoms with Crippen molar-refractivity contribution < 1.29 is 18.7 Å². The molecule has 0 radical (unpaired) electrons. The van der Waals surface area contributed by atoms with Crippen molar-refractivity contribution in [1.82, 2.24) is 0 Å². The number of hydrogen-bond donors (Lipinski definition) is 3. The Balaban J connectivity index is 2.07. The Morgan fingerprint density at radius 3 is 2.55 bits per heavy atom. The Hall–Kier alpha value is -2.63. The molecule has 0 unspecified atom stereocenters. The Kier molecular flexibility index (Phi) is 3.84. The predicted octanol–water partition coefficient (Wildman–Crippen LogP) is 2.43. The van der Waals surface area contributed by atoms with Crippen LogP contribution in [0.3, 0.4) is 0 Å². The maximum Gasteiger partial charge on any atom is 0.228 e. The van der Waals surface area contributed by atoms with E-state index in [1.165, 1.54) is 24.3 Å². The monoisotopic (exact) mass is 278 g/mol. The summed E-state index contributed by atoms with van der Waals surface area (Å²) in [7, 11) is 0. The molecule has 0 aliphatic rings. The number of nitrogens with one attached hydrogen (secondary N) is 1. The lowest BCUT2D eigenvalue weighted by molar-refractivity contribution is -0.115. The normalized spacial score (nSPS) is 10.3. The molecule has 2 aromatic carbocycles. The Bertz CT molecular complexity index is 660. The van der Waals surface area contributed by atoms with Gasteiger partial charge in [-0.15, -0.1) is 0 Å². The number of hydrogen-bond acceptors (Lipinski definition) is 3. The second-order valence-electron chi connectivity index (χ2n) is 4.24. The highest BCUT2D eigenvalue weighted by Gasteiger charge is 2.09. The summed E-state index contributed by atoms with van der Waals surface area (Å²) in [6.45, 7) is 0. The number of amides is 1. The third-order valence-corrected chi connectivity index (χ3v) is 2.66. The fourth-order valence-corrected chi connectivity index (χ4v) is 1.69. The molecule has 6 heteroatoms. The molecular weight excluding hydrogens is 266 g/mol. The van der Waals surface area contributed by atoms with Crippen LogP contribution in [0.4, 0.5) is 20.2 Å². The van der Waals surface area contributed by atoms with Crippen molar-refractivity contribution in [2.24, 2.45) is 0 Å². The zero-order valence-electron chi connectivity index (χ0n) is 10.4. The first kappa shape index (κ1) is 13.8. The van der Waals surface area contributed by atoms with E-state index in [1.54, 1.807) is 0 Å². The highest BCUT2D eigenvalue weighted by molar-refractivity contribution is 5.95. The van der Waals surface area contributed by atoms with Gasteiger partial charge in [-0.2, -0.15) is 0 Å². The van der Waals surface area contributed by atoms with Crippen LogP contribution in [0.2, 0.25) is 0 Å². The van der Waals surface area contributed by atoms with Gasteiger partial charge < -0.3 is 16.2 Å². The highest BCUT2D eigenvalue weighted by Crippen LogP contribution is 2.23. The van der Waals surface area contributed by atoms with Gasteiger partial charge in [-0.05, 0) is 29.8 Å². The summed E-state index contributed by atoms with van der Waals surface area (Å²) >= 11 is 0. The van der Waals surface area contributed by atoms with Gasteiger partial charge in [0.1, 0.15) is 5.75 Å². The number of carbonyl (C=O) groups excluding carboxylic acids is 1. The van der Waals surface area contributed by atoms with Crippen LogP contribution in [-0.4, -0.2) is 11.0 Å². The van der Waals surface area contributed by atoms with Crippen LogP contribution in [0, 0.1) is 11.6 Å². The number of nitrogens with two attached hydrogens (primary N) is 1. The third kappa shape index (κ3) is 3.23. The van der Waals surface area contributed by atoms with Crippen molar-refractivity contribution in [3.63, 3.8) is 0 Å². The molecule has 0 aliphatic carbocycles. The first-order valence-corrected chi connectivity index (χ1v) is 5.78. The van der Waals surface area contributed by atoms with Gasteiger partial charge in [0.2, 0.25) is 5.91 Å². The Morgan fingerprint density at radius 1 is 1.15 bits per heavy atom. The quantitative estimate of drug-likeness (QED) is 0.596. The molecule has 0 aliphatic heterocycles. The highest BCUT2D eigenvalue weighted by atomic mass is 19.2. The molecule has 1 amide bonds. The topological polar surface area (TPSA) is 75.3 Å². The number of phenolic OH excluding ortho intramolecular Hbond substituents is 1. The molecule has 0 aromatic heterocycles. The summed E-state index contributed by atoms with van der Waals surface area (Å²) in [6, 6.07) is 7.39. The molecule has 0 spiro atoms. The molecule has 2 aromatic rings. The van der Waals surface area contributed by atoms with Gasteiger partial charge in [-0.1, -0.05) is 6.07 Å². The number of aromatic hydroxyl groups is 1. The fourth-order valence-electron chi connectivity index (χ4n) is 1.69. The van der Waals surface area contributed by atoms with Crippen LogP contribution < -0.4 is 11.1 Å². The Labute approximate surface area is 113 Å². The first-order chi connectivity index (χ1) is 9.45. The summed E-state index contributed by atoms with van der Waals surface area (Å²) in [6.07, 6.45) is -0.114. The van der Waals surface area contributed by atoms with Gasteiger partial charge in [-0.3, -0.25) is 4.79 Å². The standard InChI is InChI=1S/C14H12F2N2O2/c15-10-3-1-8(5-11(10)16)6-14(20)18-13-4-2-9(19)7-12(13)17/h1-5,7,19H,6,17H2,(H,18,20). The molecule has 4 nitrogen and oxygen atoms in total. The van der Waals surface area contributed by atoms with Gasteiger partial charge in [0.05, 0.1) is 17.8 Å². The third-order valence-electron chi connectivity index (χ3n) is 2.66. The van der Waals surface area contributed by atoms with E-state index >= 15 is 0 Å². The van der Waals surface area contributed by atoms with E-state index in [4.69, 9.17) is 5.73 Å². The molecule has 104 valence electrons. The minimum absolute atomic E-state index is 0.0129. The van der Waals surface area contributed by atoms with Crippen LogP contribution in [0.25, 0.3) is 0 Å². The van der Waals surface area contributed by atoms with Crippen molar-refractivity contribution in [3.05, 3.63) is 53.6 Å². The van der Waals surface area contributed by atoms with E-state index in [-0.39, 0.29) is 17.9 Å².